The lowest BCUT2D eigenvalue weighted by Crippen LogP contribution is -2.32. The van der Waals surface area contributed by atoms with E-state index in [9.17, 15) is 9.59 Å². The molecule has 2 amide bonds. The second kappa shape index (κ2) is 7.44. The normalized spacial score (nSPS) is 11.6. The summed E-state index contributed by atoms with van der Waals surface area (Å²) in [5, 5.41) is 4.94. The topological polar surface area (TPSA) is 58.2 Å². The average molecular weight is 216 g/mol. The molecule has 0 spiro atoms. The highest BCUT2D eigenvalue weighted by atomic mass is 32.2. The Kier molecular flexibility index (Phi) is 6.92. The molecule has 0 aliphatic carbocycles. The van der Waals surface area contributed by atoms with E-state index in [0.717, 1.165) is 0 Å². The summed E-state index contributed by atoms with van der Waals surface area (Å²) in [6.07, 6.45) is 1.62. The van der Waals surface area contributed by atoms with E-state index in [1.807, 2.05) is 0 Å². The minimum absolute atomic E-state index is 0.0706. The van der Waals surface area contributed by atoms with Gasteiger partial charge in [-0.25, -0.2) is 0 Å². The van der Waals surface area contributed by atoms with Crippen LogP contribution in [0.15, 0.2) is 12.7 Å². The molecule has 0 unspecified atom stereocenters. The molecule has 0 aliphatic heterocycles. The average Bonchev–Trinajstić information content (AvgIpc) is 2.21. The van der Waals surface area contributed by atoms with Crippen LogP contribution < -0.4 is 10.6 Å². The standard InChI is InChI=1S/C9H16N2O2S/c1-4-5-11-9(13)7(2)14-6-8(12)10-3/h4,7H,1,5-6H2,2-3H3,(H,10,12)(H,11,13)/t7-/m1/s1. The first-order valence-corrected chi connectivity index (χ1v) is 5.37. The molecule has 4 nitrogen and oxygen atoms in total. The first kappa shape index (κ1) is 13.0. The molecule has 0 aliphatic rings. The van der Waals surface area contributed by atoms with Gasteiger partial charge in [0, 0.05) is 13.6 Å². The zero-order chi connectivity index (χ0) is 11.0. The molecule has 0 bridgehead atoms. The van der Waals surface area contributed by atoms with Crippen LogP contribution in [0.4, 0.5) is 0 Å². The number of hydrogen-bond acceptors (Lipinski definition) is 3. The van der Waals surface area contributed by atoms with Crippen LogP contribution in [-0.2, 0) is 9.59 Å². The number of nitrogens with one attached hydrogen (secondary N) is 2. The monoisotopic (exact) mass is 216 g/mol. The van der Waals surface area contributed by atoms with Crippen LogP contribution in [-0.4, -0.2) is 36.4 Å². The Morgan fingerprint density at radius 1 is 1.57 bits per heavy atom. The zero-order valence-corrected chi connectivity index (χ0v) is 9.32. The molecular weight excluding hydrogens is 200 g/mol. The van der Waals surface area contributed by atoms with Gasteiger partial charge in [-0.3, -0.25) is 9.59 Å². The molecule has 0 saturated heterocycles. The van der Waals surface area contributed by atoms with Crippen molar-refractivity contribution in [2.45, 2.75) is 12.2 Å². The van der Waals surface area contributed by atoms with E-state index in [4.69, 9.17) is 0 Å². The molecule has 1 atom stereocenters. The lowest BCUT2D eigenvalue weighted by atomic mass is 10.4. The molecule has 0 aromatic rings. The largest absolute Gasteiger partial charge is 0.358 e. The Bertz CT molecular complexity index is 219. The van der Waals surface area contributed by atoms with Crippen molar-refractivity contribution >= 4 is 23.6 Å². The first-order valence-electron chi connectivity index (χ1n) is 4.32. The summed E-state index contributed by atoms with van der Waals surface area (Å²) >= 11 is 1.31. The van der Waals surface area contributed by atoms with Crippen molar-refractivity contribution in [3.63, 3.8) is 0 Å². The Hall–Kier alpha value is -0.970. The second-order valence-corrected chi connectivity index (χ2v) is 3.99. The van der Waals surface area contributed by atoms with Gasteiger partial charge in [-0.05, 0) is 6.92 Å². The van der Waals surface area contributed by atoms with Crippen molar-refractivity contribution in [3.05, 3.63) is 12.7 Å². The van der Waals surface area contributed by atoms with Crippen LogP contribution in [0.1, 0.15) is 6.92 Å². The number of carbonyl (C=O) groups is 2. The van der Waals surface area contributed by atoms with Crippen molar-refractivity contribution in [3.8, 4) is 0 Å². The summed E-state index contributed by atoms with van der Waals surface area (Å²) in [6, 6.07) is 0. The van der Waals surface area contributed by atoms with E-state index in [-0.39, 0.29) is 17.1 Å². The molecule has 0 saturated carbocycles. The summed E-state index contributed by atoms with van der Waals surface area (Å²) < 4.78 is 0. The molecule has 14 heavy (non-hydrogen) atoms. The van der Waals surface area contributed by atoms with Crippen molar-refractivity contribution in [2.24, 2.45) is 0 Å². The van der Waals surface area contributed by atoms with Gasteiger partial charge < -0.3 is 10.6 Å². The van der Waals surface area contributed by atoms with Gasteiger partial charge in [-0.1, -0.05) is 6.08 Å². The Labute approximate surface area is 88.5 Å². The zero-order valence-electron chi connectivity index (χ0n) is 8.50. The number of carbonyl (C=O) groups excluding carboxylic acids is 2. The molecule has 80 valence electrons. The molecule has 0 heterocycles. The van der Waals surface area contributed by atoms with Gasteiger partial charge in [0.1, 0.15) is 0 Å². The molecular formula is C9H16N2O2S. The van der Waals surface area contributed by atoms with Gasteiger partial charge in [0.15, 0.2) is 0 Å². The van der Waals surface area contributed by atoms with E-state index < -0.39 is 0 Å². The molecule has 0 aromatic heterocycles. The quantitative estimate of drug-likeness (QED) is 0.622. The van der Waals surface area contributed by atoms with E-state index >= 15 is 0 Å². The van der Waals surface area contributed by atoms with Crippen LogP contribution in [0.25, 0.3) is 0 Å². The minimum Gasteiger partial charge on any atom is -0.358 e. The van der Waals surface area contributed by atoms with Crippen LogP contribution >= 0.6 is 11.8 Å². The predicted octanol–water partition coefficient (Wildman–Crippen LogP) is 0.156. The Balaban J connectivity index is 3.71. The van der Waals surface area contributed by atoms with Crippen LogP contribution in [0.2, 0.25) is 0 Å². The van der Waals surface area contributed by atoms with Gasteiger partial charge in [0.25, 0.3) is 0 Å². The summed E-state index contributed by atoms with van der Waals surface area (Å²) in [6.45, 7) is 5.73. The molecule has 0 aromatic carbocycles. The van der Waals surface area contributed by atoms with Gasteiger partial charge in [0.05, 0.1) is 11.0 Å². The third-order valence-corrected chi connectivity index (χ3v) is 2.68. The van der Waals surface area contributed by atoms with Crippen molar-refractivity contribution in [2.75, 3.05) is 19.3 Å². The summed E-state index contributed by atoms with van der Waals surface area (Å²) in [4.78, 5) is 22.2. The second-order valence-electron chi connectivity index (χ2n) is 2.66. The minimum atomic E-state index is -0.216. The maximum absolute atomic E-state index is 11.3. The fourth-order valence-corrected chi connectivity index (χ4v) is 1.45. The lowest BCUT2D eigenvalue weighted by Gasteiger charge is -2.09. The molecule has 5 heteroatoms. The third-order valence-electron chi connectivity index (χ3n) is 1.53. The van der Waals surface area contributed by atoms with Crippen molar-refractivity contribution < 1.29 is 9.59 Å². The smallest absolute Gasteiger partial charge is 0.233 e. The molecule has 2 N–H and O–H groups in total. The molecule has 0 fully saturated rings. The fourth-order valence-electron chi connectivity index (χ4n) is 0.665. The van der Waals surface area contributed by atoms with Crippen molar-refractivity contribution in [1.82, 2.24) is 10.6 Å². The number of hydrogen-bond donors (Lipinski definition) is 2. The van der Waals surface area contributed by atoms with Crippen molar-refractivity contribution in [1.29, 1.82) is 0 Å². The highest BCUT2D eigenvalue weighted by Gasteiger charge is 2.13. The van der Waals surface area contributed by atoms with Crippen LogP contribution in [0.3, 0.4) is 0 Å². The highest BCUT2D eigenvalue weighted by Crippen LogP contribution is 2.09. The predicted molar refractivity (Wildman–Crippen MR) is 59.2 cm³/mol. The summed E-state index contributed by atoms with van der Waals surface area (Å²) in [7, 11) is 1.57. The maximum atomic E-state index is 11.3. The van der Waals surface area contributed by atoms with Gasteiger partial charge in [-0.15, -0.1) is 18.3 Å². The highest BCUT2D eigenvalue weighted by molar-refractivity contribution is 8.01. The third kappa shape index (κ3) is 5.64. The molecule has 0 rings (SSSR count). The maximum Gasteiger partial charge on any atom is 0.233 e. The van der Waals surface area contributed by atoms with Gasteiger partial charge >= 0.3 is 0 Å². The van der Waals surface area contributed by atoms with E-state index in [1.165, 1.54) is 11.8 Å². The van der Waals surface area contributed by atoms with Gasteiger partial charge in [0.2, 0.25) is 11.8 Å². The van der Waals surface area contributed by atoms with Gasteiger partial charge in [-0.2, -0.15) is 0 Å². The SMILES string of the molecule is C=CCNC(=O)[C@@H](C)SCC(=O)NC. The van der Waals surface area contributed by atoms with E-state index in [0.29, 0.717) is 12.3 Å². The summed E-state index contributed by atoms with van der Waals surface area (Å²) in [5.41, 5.74) is 0. The first-order chi connectivity index (χ1) is 6.61. The fraction of sp³-hybridized carbons (Fsp3) is 0.556. The molecule has 0 radical (unpaired) electrons. The van der Waals surface area contributed by atoms with E-state index in [2.05, 4.69) is 17.2 Å². The van der Waals surface area contributed by atoms with E-state index in [1.54, 1.807) is 20.0 Å². The Morgan fingerprint density at radius 3 is 2.71 bits per heavy atom. The lowest BCUT2D eigenvalue weighted by molar-refractivity contribution is -0.120. The summed E-state index contributed by atoms with van der Waals surface area (Å²) in [5.74, 6) is 0.163. The number of amides is 2. The number of thioether (sulfide) groups is 1. The number of rotatable bonds is 6. The van der Waals surface area contributed by atoms with Crippen LogP contribution in [0, 0.1) is 0 Å². The van der Waals surface area contributed by atoms with Crippen LogP contribution in [0.5, 0.6) is 0 Å². The Morgan fingerprint density at radius 2 is 2.21 bits per heavy atom.